The topological polar surface area (TPSA) is 376 Å². The number of carbonyl (C=O) groups excluding carboxylic acids is 3. The molecule has 4 aromatic carbocycles. The fourth-order valence-electron chi connectivity index (χ4n) is 17.8. The molecule has 29 nitrogen and oxygen atoms in total. The number of amidine groups is 4. The maximum absolute atomic E-state index is 13.0. The van der Waals surface area contributed by atoms with Crippen molar-refractivity contribution in [1.82, 2.24) is 13.5 Å². The van der Waals surface area contributed by atoms with E-state index in [0.717, 1.165) is 56.6 Å². The fraction of sp³-hybridized carbons (Fsp3) is 0.485. The van der Waals surface area contributed by atoms with Crippen molar-refractivity contribution in [3.63, 3.8) is 0 Å². The fourth-order valence-corrected chi connectivity index (χ4v) is 42.0. The molecule has 0 aliphatic carbocycles. The molecule has 0 saturated carbocycles. The van der Waals surface area contributed by atoms with E-state index in [1.165, 1.54) is 0 Å². The zero-order chi connectivity index (χ0) is 74.3. The van der Waals surface area contributed by atoms with Gasteiger partial charge in [0.05, 0.1) is 0 Å². The number of aromatic nitrogens is 2. The van der Waals surface area contributed by atoms with Gasteiger partial charge >= 0.3 is 650 Å². The second-order valence-corrected chi connectivity index (χ2v) is 50.4. The molecule has 7 aliphatic rings. The van der Waals surface area contributed by atoms with Crippen molar-refractivity contribution < 1.29 is 185 Å². The summed E-state index contributed by atoms with van der Waals surface area (Å²) in [5, 5.41) is 3.47. The van der Waals surface area contributed by atoms with Gasteiger partial charge in [0.25, 0.3) is 11.8 Å². The molecule has 1 unspecified atom stereocenters. The summed E-state index contributed by atoms with van der Waals surface area (Å²) in [7, 11) is -33.9. The number of carbonyl (C=O) groups is 3. The standard InChI is InChI=1S/C68H89N11O18S4Si3.3Na/c1-6-7-36-78(38-19-44-98(83,84)85,37-18-8-9-33-60(82)95-73-58(80)34-35-59(73)81)42-23-48-102(2,3)96-104(97-103(4,5)49-24-43-79(39-20-45-99(86,87)88,40-21-46-100(89,90)91)41-22-47-101(92,93)94)74-61-50-25-10-11-26-51(50)62(74)70-64-54-29-14-15-30-55(54)66(76(64)104)72-68-57-32-17-16-31-56(57)67(77(68)104)71-65-53-28-13-12-27-52(53)63(69-61)75(65)104;;;/h10-17,25-32H,6-9,18-24,33-49H2,1-5H3,(H2-2,83,84,85,86,87,88,89,90,91,92,93,94);;;/q;3*+1/p-2. The van der Waals surface area contributed by atoms with Gasteiger partial charge in [-0.15, -0.1) is 5.06 Å². The quantitative estimate of drug-likeness (QED) is 0.0122. The monoisotopic (exact) mass is 1630 g/mol. The summed E-state index contributed by atoms with van der Waals surface area (Å²) in [5.41, 5.74) is 3.89. The van der Waals surface area contributed by atoms with Crippen LogP contribution in [0.2, 0.25) is 38.3 Å². The Hall–Kier alpha value is -4.02. The molecular formula is C68H87N11Na3O18S4Si3+. The smallest absolute Gasteiger partial charge is 1.00 e. The van der Waals surface area contributed by atoms with Crippen LogP contribution in [0.25, 0.3) is 21.5 Å². The van der Waals surface area contributed by atoms with E-state index in [4.69, 9.17) is 24.8 Å². The van der Waals surface area contributed by atoms with Crippen LogP contribution >= 0.6 is 0 Å². The summed E-state index contributed by atoms with van der Waals surface area (Å²) in [6, 6.07) is 32.4. The van der Waals surface area contributed by atoms with Crippen LogP contribution in [0.3, 0.4) is 0 Å². The van der Waals surface area contributed by atoms with Crippen LogP contribution in [0.4, 0.5) is 11.6 Å². The van der Waals surface area contributed by atoms with E-state index in [2.05, 4.69) is 50.1 Å². The number of hydroxylamine groups is 2. The first-order chi connectivity index (χ1) is 49.0. The van der Waals surface area contributed by atoms with Gasteiger partial charge in [-0.3, -0.25) is 9.59 Å². The van der Waals surface area contributed by atoms with E-state index < -0.39 is 106 Å². The van der Waals surface area contributed by atoms with Gasteiger partial charge in [-0.05, 0) is 0 Å². The van der Waals surface area contributed by atoms with Crippen LogP contribution in [-0.4, -0.2) is 224 Å². The average molecular weight is 1630 g/mol. The van der Waals surface area contributed by atoms with E-state index in [1.807, 2.05) is 97.1 Å². The van der Waals surface area contributed by atoms with Gasteiger partial charge in [-0.25, -0.2) is 4.79 Å². The second kappa shape index (κ2) is 31.4. The van der Waals surface area contributed by atoms with Gasteiger partial charge in [-0.2, -0.15) is 0 Å². The van der Waals surface area contributed by atoms with Crippen LogP contribution in [0, 0.1) is 0 Å². The molecule has 39 heteroatoms. The number of unbranched alkanes of at least 4 members (excludes halogenated alkanes) is 3. The molecule has 0 radical (unpaired) electrons. The molecule has 6 aromatic rings. The Balaban J connectivity index is 0.00000408. The van der Waals surface area contributed by atoms with Crippen molar-refractivity contribution in [2.75, 3.05) is 75.4 Å². The molecular weight excluding hydrogens is 1540 g/mol. The first-order valence-electron chi connectivity index (χ1n) is 35.7. The number of rotatable bonds is 38. The van der Waals surface area contributed by atoms with E-state index in [9.17, 15) is 74.5 Å². The number of nitrogens with zero attached hydrogens (tertiary/aromatic N) is 11. The maximum Gasteiger partial charge on any atom is 1.00 e. The number of hydrogen-bond acceptors (Lipinski definition) is 22. The van der Waals surface area contributed by atoms with Gasteiger partial charge in [0.15, 0.2) is 0 Å². The first kappa shape index (κ1) is 85.4. The molecule has 2 aromatic heterocycles. The van der Waals surface area contributed by atoms with Gasteiger partial charge in [-0.1, -0.05) is 0 Å². The predicted molar refractivity (Wildman–Crippen MR) is 389 cm³/mol. The largest absolute Gasteiger partial charge is 1.00 e. The van der Waals surface area contributed by atoms with E-state index >= 15 is 0 Å². The van der Waals surface area contributed by atoms with Crippen molar-refractivity contribution in [2.45, 2.75) is 135 Å². The van der Waals surface area contributed by atoms with Crippen LogP contribution < -0.4 is 99.6 Å². The van der Waals surface area contributed by atoms with Gasteiger partial charge < -0.3 is 4.84 Å². The van der Waals surface area contributed by atoms with Crippen molar-refractivity contribution in [3.05, 3.63) is 130 Å². The Bertz CT molecular complexity index is 5110. The number of hydrogen-bond donors (Lipinski definition) is 0. The van der Waals surface area contributed by atoms with Gasteiger partial charge in [0, 0.05) is 12.8 Å². The summed E-state index contributed by atoms with van der Waals surface area (Å²) in [4.78, 5) is 66.1. The van der Waals surface area contributed by atoms with E-state index in [1.54, 1.807) is 0 Å². The number of imide groups is 1. The Kier molecular flexibility index (Phi) is 25.1. The Morgan fingerprint density at radius 2 is 0.813 bits per heavy atom. The molecule has 1 atom stereocenters. The molecule has 1 fully saturated rings. The van der Waals surface area contributed by atoms with Crippen molar-refractivity contribution in [2.24, 2.45) is 20.0 Å². The number of amides is 2. The van der Waals surface area contributed by atoms with Gasteiger partial charge in [0.1, 0.15) is 0 Å². The van der Waals surface area contributed by atoms with E-state index in [0.29, 0.717) is 113 Å². The minimum Gasteiger partial charge on any atom is 1.00 e. The molecule has 0 bridgehead atoms. The summed E-state index contributed by atoms with van der Waals surface area (Å²) in [5.74, 6) is -1.89. The van der Waals surface area contributed by atoms with E-state index in [-0.39, 0.29) is 177 Å². The Morgan fingerprint density at radius 3 is 1.20 bits per heavy atom. The summed E-state index contributed by atoms with van der Waals surface area (Å²) in [6.45, 7) is 12.7. The minimum absolute atomic E-state index is 0. The summed E-state index contributed by atoms with van der Waals surface area (Å²) >= 11 is 0. The normalized spacial score (nSPS) is 18.2. The number of fused-ring (bicyclic) bond motifs is 12. The zero-order valence-electron chi connectivity index (χ0n) is 61.9. The van der Waals surface area contributed by atoms with Crippen LogP contribution in [0.15, 0.2) is 117 Å². The molecule has 0 N–H and O–H groups in total. The zero-order valence-corrected chi connectivity index (χ0v) is 74.2. The van der Waals surface area contributed by atoms with Crippen molar-refractivity contribution in [1.29, 1.82) is 0 Å². The summed E-state index contributed by atoms with van der Waals surface area (Å²) in [6.07, 6.45) is 3.23. The van der Waals surface area contributed by atoms with Crippen LogP contribution in [0.1, 0.15) is 119 Å². The van der Waals surface area contributed by atoms with Crippen LogP contribution in [-0.2, 0) is 67.9 Å². The second-order valence-electron chi connectivity index (χ2n) is 30.0. The minimum atomic E-state index is -7.43. The number of quaternary nitrogens is 2. The van der Waals surface area contributed by atoms with Gasteiger partial charge in [0.2, 0.25) is 0 Å². The third kappa shape index (κ3) is 15.7. The molecule has 9 heterocycles. The Morgan fingerprint density at radius 1 is 0.467 bits per heavy atom. The molecule has 7 aliphatic heterocycles. The predicted octanol–water partition coefficient (Wildman–Crippen LogP) is -3.10. The number of benzene rings is 4. The summed E-state index contributed by atoms with van der Waals surface area (Å²) < 4.78 is 176. The maximum atomic E-state index is 13.0. The SMILES string of the molecule is CCCC[N+](CCCCCC(=O)ON1C(=O)CCC1=O)(CCC[Si](C)(C)O[Si-2]123(O[Si](C)(C)CCC[N+](CCCS(=O)(=O)[O-])(CCCS(=O)(=O)[O-])CCCS(=O)(=O)[O-])n4c5c6ccccc6c4N=C4c6ccccc6C(=[N+]41)N=c1c4ccccc4c(n12)=NC1=[N+]3C(=N5)c2ccccc21)CCCS(=O)(=O)[O-].[Na+].[Na+].[Na+]. The third-order valence-corrected chi connectivity index (χ3v) is 41.6. The Labute approximate surface area is 691 Å². The average Bonchev–Trinajstić information content (AvgIpc) is 1.48. The van der Waals surface area contributed by atoms with Crippen molar-refractivity contribution >= 4 is 139 Å². The molecule has 13 rings (SSSR count). The molecule has 1 spiro atoms. The number of aliphatic imine (C=N–C) groups is 2. The molecule has 560 valence electrons. The molecule has 107 heavy (non-hydrogen) atoms. The molecule has 1 saturated heterocycles. The first-order valence-corrected chi connectivity index (χ1v) is 50.8. The molecule has 2 amide bonds. The third-order valence-electron chi connectivity index (χ3n) is 21.7. The van der Waals surface area contributed by atoms with Crippen molar-refractivity contribution in [3.8, 4) is 0 Å². The van der Waals surface area contributed by atoms with Crippen LogP contribution in [0.5, 0.6) is 0 Å².